The average Bonchev–Trinajstić information content (AvgIpc) is 2.49. The van der Waals surface area contributed by atoms with Crippen molar-refractivity contribution < 1.29 is 4.79 Å². The van der Waals surface area contributed by atoms with E-state index in [1.165, 1.54) is 11.3 Å². The first-order chi connectivity index (χ1) is 6.70. The van der Waals surface area contributed by atoms with E-state index in [0.29, 0.717) is 5.92 Å². The third-order valence-corrected chi connectivity index (χ3v) is 4.11. The predicted octanol–water partition coefficient (Wildman–Crippen LogP) is 1.92. The summed E-state index contributed by atoms with van der Waals surface area (Å²) < 4.78 is 0. The second-order valence-corrected chi connectivity index (χ2v) is 5.36. The standard InChI is InChI=1S/C9H11BrN2OS/c1-6-11-3-8(14-6)9(13)12-4-7(2-10)5-12/h3,7H,2,4-5H2,1H3. The number of aryl methyl sites for hydroxylation is 1. The van der Waals surface area contributed by atoms with Crippen molar-refractivity contribution in [2.75, 3.05) is 18.4 Å². The van der Waals surface area contributed by atoms with E-state index in [9.17, 15) is 4.79 Å². The molecule has 0 atom stereocenters. The van der Waals surface area contributed by atoms with E-state index >= 15 is 0 Å². The van der Waals surface area contributed by atoms with Crippen LogP contribution in [0.4, 0.5) is 0 Å². The Morgan fingerprint density at radius 2 is 2.50 bits per heavy atom. The van der Waals surface area contributed by atoms with Crippen molar-refractivity contribution >= 4 is 33.2 Å². The molecule has 1 aliphatic rings. The summed E-state index contributed by atoms with van der Waals surface area (Å²) in [6, 6.07) is 0. The summed E-state index contributed by atoms with van der Waals surface area (Å²) in [7, 11) is 0. The van der Waals surface area contributed by atoms with Crippen LogP contribution < -0.4 is 0 Å². The second kappa shape index (κ2) is 3.98. The molecule has 5 heteroatoms. The molecular weight excluding hydrogens is 264 g/mol. The molecule has 1 amide bonds. The topological polar surface area (TPSA) is 33.2 Å². The zero-order valence-electron chi connectivity index (χ0n) is 7.86. The second-order valence-electron chi connectivity index (χ2n) is 3.47. The molecule has 1 saturated heterocycles. The molecule has 2 heterocycles. The number of alkyl halides is 1. The molecule has 3 nitrogen and oxygen atoms in total. The van der Waals surface area contributed by atoms with Crippen molar-refractivity contribution in [2.45, 2.75) is 6.92 Å². The minimum atomic E-state index is 0.132. The highest BCUT2D eigenvalue weighted by molar-refractivity contribution is 9.09. The number of likely N-dealkylation sites (tertiary alicyclic amines) is 1. The Kier molecular flexibility index (Phi) is 2.88. The van der Waals surface area contributed by atoms with E-state index in [4.69, 9.17) is 0 Å². The molecule has 76 valence electrons. The van der Waals surface area contributed by atoms with Crippen LogP contribution in [0.1, 0.15) is 14.7 Å². The number of hydrogen-bond acceptors (Lipinski definition) is 3. The van der Waals surface area contributed by atoms with Gasteiger partial charge < -0.3 is 4.90 Å². The van der Waals surface area contributed by atoms with E-state index in [0.717, 1.165) is 28.3 Å². The fraction of sp³-hybridized carbons (Fsp3) is 0.556. The summed E-state index contributed by atoms with van der Waals surface area (Å²) in [6.07, 6.45) is 1.67. The van der Waals surface area contributed by atoms with Gasteiger partial charge in [0, 0.05) is 24.3 Å². The Hall–Kier alpha value is -0.420. The van der Waals surface area contributed by atoms with Crippen LogP contribution in [0.25, 0.3) is 0 Å². The number of halogens is 1. The van der Waals surface area contributed by atoms with Crippen LogP contribution in [0.15, 0.2) is 6.20 Å². The van der Waals surface area contributed by atoms with Gasteiger partial charge in [-0.25, -0.2) is 4.98 Å². The van der Waals surface area contributed by atoms with Gasteiger partial charge in [-0.05, 0) is 6.92 Å². The number of hydrogen-bond donors (Lipinski definition) is 0. The fourth-order valence-electron chi connectivity index (χ4n) is 1.45. The molecule has 14 heavy (non-hydrogen) atoms. The highest BCUT2D eigenvalue weighted by Gasteiger charge is 2.30. The number of nitrogens with zero attached hydrogens (tertiary/aromatic N) is 2. The molecule has 1 aromatic heterocycles. The molecule has 0 bridgehead atoms. The predicted molar refractivity (Wildman–Crippen MR) is 60.0 cm³/mol. The number of aromatic nitrogens is 1. The average molecular weight is 275 g/mol. The maximum Gasteiger partial charge on any atom is 0.265 e. The summed E-state index contributed by atoms with van der Waals surface area (Å²) in [5.41, 5.74) is 0. The van der Waals surface area contributed by atoms with Crippen LogP contribution in [0.2, 0.25) is 0 Å². The van der Waals surface area contributed by atoms with E-state index in [1.54, 1.807) is 6.20 Å². The van der Waals surface area contributed by atoms with Crippen molar-refractivity contribution in [3.63, 3.8) is 0 Å². The van der Waals surface area contributed by atoms with E-state index in [-0.39, 0.29) is 5.91 Å². The first kappa shape index (κ1) is 10.1. The lowest BCUT2D eigenvalue weighted by molar-refractivity contribution is 0.0544. The zero-order valence-corrected chi connectivity index (χ0v) is 10.3. The van der Waals surface area contributed by atoms with E-state index < -0.39 is 0 Å². The monoisotopic (exact) mass is 274 g/mol. The summed E-state index contributed by atoms with van der Waals surface area (Å²) in [5.74, 6) is 0.765. The number of carbonyl (C=O) groups is 1. The molecule has 1 fully saturated rings. The largest absolute Gasteiger partial charge is 0.337 e. The van der Waals surface area contributed by atoms with Gasteiger partial charge in [-0.15, -0.1) is 11.3 Å². The van der Waals surface area contributed by atoms with Gasteiger partial charge in [0.05, 0.1) is 11.2 Å². The Balaban J connectivity index is 1.97. The molecule has 2 rings (SSSR count). The number of carbonyl (C=O) groups excluding carboxylic acids is 1. The summed E-state index contributed by atoms with van der Waals surface area (Å²) in [4.78, 5) is 18.5. The quantitative estimate of drug-likeness (QED) is 0.772. The minimum absolute atomic E-state index is 0.132. The van der Waals surface area contributed by atoms with Crippen LogP contribution in [-0.2, 0) is 0 Å². The van der Waals surface area contributed by atoms with Gasteiger partial charge in [-0.3, -0.25) is 4.79 Å². The van der Waals surface area contributed by atoms with Gasteiger partial charge in [0.25, 0.3) is 5.91 Å². The van der Waals surface area contributed by atoms with Gasteiger partial charge in [-0.2, -0.15) is 0 Å². The van der Waals surface area contributed by atoms with Crippen molar-refractivity contribution in [1.29, 1.82) is 0 Å². The molecule has 0 spiro atoms. The molecule has 0 aliphatic carbocycles. The molecule has 0 unspecified atom stereocenters. The Morgan fingerprint density at radius 1 is 1.79 bits per heavy atom. The molecular formula is C9H11BrN2OS. The SMILES string of the molecule is Cc1ncc(C(=O)N2CC(CBr)C2)s1. The number of thiazole rings is 1. The van der Waals surface area contributed by atoms with Crippen LogP contribution in [0, 0.1) is 12.8 Å². The van der Waals surface area contributed by atoms with Crippen LogP contribution in [0.3, 0.4) is 0 Å². The third kappa shape index (κ3) is 1.83. The molecule has 0 aromatic carbocycles. The van der Waals surface area contributed by atoms with Gasteiger partial charge in [0.15, 0.2) is 0 Å². The summed E-state index contributed by atoms with van der Waals surface area (Å²) in [5, 5.41) is 1.93. The number of amides is 1. The smallest absolute Gasteiger partial charge is 0.265 e. The van der Waals surface area contributed by atoms with Gasteiger partial charge in [0.1, 0.15) is 4.88 Å². The Morgan fingerprint density at radius 3 is 3.00 bits per heavy atom. The summed E-state index contributed by atoms with van der Waals surface area (Å²) in [6.45, 7) is 3.67. The lowest BCUT2D eigenvalue weighted by Crippen LogP contribution is -2.50. The van der Waals surface area contributed by atoms with E-state index in [2.05, 4.69) is 20.9 Å². The highest BCUT2D eigenvalue weighted by Crippen LogP contribution is 2.22. The summed E-state index contributed by atoms with van der Waals surface area (Å²) >= 11 is 4.88. The highest BCUT2D eigenvalue weighted by atomic mass is 79.9. The van der Waals surface area contributed by atoms with Crippen molar-refractivity contribution in [1.82, 2.24) is 9.88 Å². The number of rotatable bonds is 2. The first-order valence-corrected chi connectivity index (χ1v) is 6.42. The minimum Gasteiger partial charge on any atom is -0.337 e. The van der Waals surface area contributed by atoms with Crippen LogP contribution >= 0.6 is 27.3 Å². The fourth-order valence-corrected chi connectivity index (χ4v) is 2.60. The lowest BCUT2D eigenvalue weighted by atomic mass is 10.0. The van der Waals surface area contributed by atoms with Gasteiger partial charge >= 0.3 is 0 Å². The molecule has 1 aromatic rings. The van der Waals surface area contributed by atoms with E-state index in [1.807, 2.05) is 11.8 Å². The maximum absolute atomic E-state index is 11.8. The van der Waals surface area contributed by atoms with Gasteiger partial charge in [0.2, 0.25) is 0 Å². The first-order valence-electron chi connectivity index (χ1n) is 4.48. The van der Waals surface area contributed by atoms with Crippen molar-refractivity contribution in [3.05, 3.63) is 16.1 Å². The normalized spacial score (nSPS) is 16.9. The van der Waals surface area contributed by atoms with Gasteiger partial charge in [-0.1, -0.05) is 15.9 Å². The molecule has 0 saturated carbocycles. The Labute approximate surface area is 95.3 Å². The molecule has 0 radical (unpaired) electrons. The molecule has 1 aliphatic heterocycles. The molecule has 0 N–H and O–H groups in total. The lowest BCUT2D eigenvalue weighted by Gasteiger charge is -2.37. The maximum atomic E-state index is 11.8. The van der Waals surface area contributed by atoms with Crippen molar-refractivity contribution in [2.24, 2.45) is 5.92 Å². The van der Waals surface area contributed by atoms with Crippen molar-refractivity contribution in [3.8, 4) is 0 Å². The zero-order chi connectivity index (χ0) is 10.1. The van der Waals surface area contributed by atoms with Crippen LogP contribution in [0.5, 0.6) is 0 Å². The third-order valence-electron chi connectivity index (χ3n) is 2.29. The Bertz CT molecular complexity index is 346. The van der Waals surface area contributed by atoms with Crippen LogP contribution in [-0.4, -0.2) is 34.2 Å².